The van der Waals surface area contributed by atoms with Crippen LogP contribution in [-0.4, -0.2) is 24.2 Å². The molecular weight excluding hydrogens is 329 g/mol. The highest BCUT2D eigenvalue weighted by atomic mass is 127. The summed E-state index contributed by atoms with van der Waals surface area (Å²) in [6.45, 7) is 3.77. The van der Waals surface area contributed by atoms with Crippen molar-refractivity contribution in [2.24, 2.45) is 7.05 Å². The fourth-order valence-electron chi connectivity index (χ4n) is 0.994. The van der Waals surface area contributed by atoms with Crippen LogP contribution < -0.4 is 4.72 Å². The minimum atomic E-state index is -3.42. The molecule has 0 aliphatic heterocycles. The van der Waals surface area contributed by atoms with Crippen molar-refractivity contribution < 1.29 is 8.42 Å². The third-order valence-electron chi connectivity index (χ3n) is 2.09. The van der Waals surface area contributed by atoms with Crippen molar-refractivity contribution in [2.75, 3.05) is 0 Å². The third kappa shape index (κ3) is 2.91. The number of aromatic nitrogens is 2. The van der Waals surface area contributed by atoms with Crippen molar-refractivity contribution in [3.05, 3.63) is 9.90 Å². The fourth-order valence-corrected chi connectivity index (χ4v) is 3.49. The number of aryl methyl sites for hydroxylation is 1. The van der Waals surface area contributed by atoms with Crippen molar-refractivity contribution in [1.82, 2.24) is 14.5 Å². The van der Waals surface area contributed by atoms with Gasteiger partial charge in [0.1, 0.15) is 8.60 Å². The van der Waals surface area contributed by atoms with Gasteiger partial charge in [-0.3, -0.25) is 4.68 Å². The molecule has 0 aliphatic carbocycles. The maximum atomic E-state index is 11.9. The number of nitrogens with zero attached hydrogens (tertiary/aromatic N) is 2. The van der Waals surface area contributed by atoms with E-state index < -0.39 is 10.0 Å². The summed E-state index contributed by atoms with van der Waals surface area (Å²) in [6, 6.07) is -0.0639. The lowest BCUT2D eigenvalue weighted by Crippen LogP contribution is -2.32. The van der Waals surface area contributed by atoms with Crippen molar-refractivity contribution in [3.8, 4) is 0 Å². The first-order chi connectivity index (χ1) is 6.88. The van der Waals surface area contributed by atoms with E-state index in [9.17, 15) is 8.42 Å². The standard InChI is InChI=1S/C8H14IN3O2S/c1-4-6(2)11-15(13,14)7-5-10-12(3)8(7)9/h5-6,11H,4H2,1-3H3. The Morgan fingerprint density at radius 2 is 2.27 bits per heavy atom. The largest absolute Gasteiger partial charge is 0.261 e. The Labute approximate surface area is 103 Å². The average molecular weight is 343 g/mol. The van der Waals surface area contributed by atoms with Crippen molar-refractivity contribution >= 4 is 32.6 Å². The molecule has 1 N–H and O–H groups in total. The molecule has 5 nitrogen and oxygen atoms in total. The Balaban J connectivity index is 3.02. The number of hydrogen-bond acceptors (Lipinski definition) is 3. The molecule has 1 unspecified atom stereocenters. The van der Waals surface area contributed by atoms with Gasteiger partial charge in [-0.25, -0.2) is 13.1 Å². The van der Waals surface area contributed by atoms with E-state index in [4.69, 9.17) is 0 Å². The normalized spacial score (nSPS) is 14.1. The zero-order valence-electron chi connectivity index (χ0n) is 8.86. The number of hydrogen-bond donors (Lipinski definition) is 1. The highest BCUT2D eigenvalue weighted by Gasteiger charge is 2.22. The summed E-state index contributed by atoms with van der Waals surface area (Å²) in [5.41, 5.74) is 0. The number of rotatable bonds is 4. The van der Waals surface area contributed by atoms with E-state index >= 15 is 0 Å². The van der Waals surface area contributed by atoms with E-state index in [0.717, 1.165) is 6.42 Å². The summed E-state index contributed by atoms with van der Waals surface area (Å²) >= 11 is 1.97. The van der Waals surface area contributed by atoms with Crippen LogP contribution in [0, 0.1) is 3.70 Å². The zero-order valence-corrected chi connectivity index (χ0v) is 11.8. The van der Waals surface area contributed by atoms with Gasteiger partial charge >= 0.3 is 0 Å². The first-order valence-electron chi connectivity index (χ1n) is 4.58. The second-order valence-electron chi connectivity index (χ2n) is 3.35. The Morgan fingerprint density at radius 1 is 1.67 bits per heavy atom. The van der Waals surface area contributed by atoms with Gasteiger partial charge in [0.25, 0.3) is 0 Å². The predicted molar refractivity (Wildman–Crippen MR) is 66.0 cm³/mol. The Hall–Kier alpha value is -0.150. The Morgan fingerprint density at radius 3 is 2.67 bits per heavy atom. The van der Waals surface area contributed by atoms with Crippen LogP contribution in [0.25, 0.3) is 0 Å². The SMILES string of the molecule is CCC(C)NS(=O)(=O)c1cnn(C)c1I. The molecule has 0 amide bonds. The summed E-state index contributed by atoms with van der Waals surface area (Å²) in [7, 11) is -1.71. The van der Waals surface area contributed by atoms with Gasteiger partial charge in [0.05, 0.1) is 6.20 Å². The highest BCUT2D eigenvalue weighted by molar-refractivity contribution is 14.1. The summed E-state index contributed by atoms with van der Waals surface area (Å²) in [4.78, 5) is 0.242. The van der Waals surface area contributed by atoms with Crippen LogP contribution in [0.3, 0.4) is 0 Å². The van der Waals surface area contributed by atoms with Crippen LogP contribution in [0.4, 0.5) is 0 Å². The topological polar surface area (TPSA) is 64.0 Å². The molecule has 1 rings (SSSR count). The van der Waals surface area contributed by atoms with E-state index in [2.05, 4.69) is 9.82 Å². The minimum Gasteiger partial charge on any atom is -0.261 e. The van der Waals surface area contributed by atoms with Crippen LogP contribution in [0.15, 0.2) is 11.1 Å². The second-order valence-corrected chi connectivity index (χ2v) is 6.06. The molecule has 15 heavy (non-hydrogen) atoms. The quantitative estimate of drug-likeness (QED) is 0.833. The second kappa shape index (κ2) is 4.79. The molecule has 0 saturated carbocycles. The molecule has 1 atom stereocenters. The Kier molecular flexibility index (Phi) is 4.13. The smallest absolute Gasteiger partial charge is 0.245 e. The van der Waals surface area contributed by atoms with Crippen molar-refractivity contribution in [2.45, 2.75) is 31.2 Å². The molecule has 0 radical (unpaired) electrons. The molecule has 1 aromatic rings. The maximum absolute atomic E-state index is 11.9. The molecule has 1 heterocycles. The van der Waals surface area contributed by atoms with Gasteiger partial charge in [-0.05, 0) is 35.9 Å². The van der Waals surface area contributed by atoms with E-state index in [1.165, 1.54) is 10.9 Å². The summed E-state index contributed by atoms with van der Waals surface area (Å²) in [6.07, 6.45) is 2.13. The van der Waals surface area contributed by atoms with Gasteiger partial charge in [0.2, 0.25) is 10.0 Å². The molecule has 0 bridgehead atoms. The van der Waals surface area contributed by atoms with E-state index in [0.29, 0.717) is 3.70 Å². The van der Waals surface area contributed by atoms with Gasteiger partial charge in [0.15, 0.2) is 0 Å². The number of halogens is 1. The van der Waals surface area contributed by atoms with Gasteiger partial charge in [-0.2, -0.15) is 5.10 Å². The average Bonchev–Trinajstić information content (AvgIpc) is 2.47. The molecule has 0 fully saturated rings. The summed E-state index contributed by atoms with van der Waals surface area (Å²) < 4.78 is 28.5. The molecule has 1 aromatic heterocycles. The molecular formula is C8H14IN3O2S. The first-order valence-corrected chi connectivity index (χ1v) is 7.14. The van der Waals surface area contributed by atoms with Gasteiger partial charge in [0, 0.05) is 13.1 Å². The van der Waals surface area contributed by atoms with Crippen LogP contribution >= 0.6 is 22.6 Å². The molecule has 0 spiro atoms. The lowest BCUT2D eigenvalue weighted by molar-refractivity contribution is 0.555. The predicted octanol–water partition coefficient (Wildman–Crippen LogP) is 1.10. The van der Waals surface area contributed by atoms with E-state index in [-0.39, 0.29) is 10.9 Å². The summed E-state index contributed by atoms with van der Waals surface area (Å²) in [5, 5.41) is 3.91. The van der Waals surface area contributed by atoms with Crippen LogP contribution in [0.5, 0.6) is 0 Å². The lowest BCUT2D eigenvalue weighted by atomic mass is 10.3. The molecule has 0 aliphatic rings. The van der Waals surface area contributed by atoms with Crippen LogP contribution in [-0.2, 0) is 17.1 Å². The minimum absolute atomic E-state index is 0.0639. The molecule has 86 valence electrons. The third-order valence-corrected chi connectivity index (χ3v) is 5.33. The van der Waals surface area contributed by atoms with Gasteiger partial charge in [-0.15, -0.1) is 0 Å². The van der Waals surface area contributed by atoms with Crippen molar-refractivity contribution in [1.29, 1.82) is 0 Å². The molecule has 0 saturated heterocycles. The lowest BCUT2D eigenvalue weighted by Gasteiger charge is -2.10. The summed E-state index contributed by atoms with van der Waals surface area (Å²) in [5.74, 6) is 0. The van der Waals surface area contributed by atoms with Crippen LogP contribution in [0.2, 0.25) is 0 Å². The maximum Gasteiger partial charge on any atom is 0.245 e. The Bertz CT molecular complexity index is 441. The molecule has 0 aromatic carbocycles. The van der Waals surface area contributed by atoms with E-state index in [1.54, 1.807) is 7.05 Å². The number of sulfonamides is 1. The van der Waals surface area contributed by atoms with Crippen LogP contribution in [0.1, 0.15) is 20.3 Å². The first kappa shape index (κ1) is 12.9. The van der Waals surface area contributed by atoms with Gasteiger partial charge < -0.3 is 0 Å². The zero-order chi connectivity index (χ0) is 11.6. The fraction of sp³-hybridized carbons (Fsp3) is 0.625. The van der Waals surface area contributed by atoms with Crippen molar-refractivity contribution in [3.63, 3.8) is 0 Å². The van der Waals surface area contributed by atoms with Gasteiger partial charge in [-0.1, -0.05) is 6.92 Å². The number of nitrogens with one attached hydrogen (secondary N) is 1. The van der Waals surface area contributed by atoms with E-state index in [1.807, 2.05) is 36.4 Å². The monoisotopic (exact) mass is 343 g/mol. The highest BCUT2D eigenvalue weighted by Crippen LogP contribution is 2.16. The molecule has 7 heteroatoms.